The molecule has 1 aromatic rings. The molecule has 0 saturated heterocycles. The van der Waals surface area contributed by atoms with Gasteiger partial charge in [0.1, 0.15) is 0 Å². The average molecular weight is 178 g/mol. The molecule has 1 rings (SSSR count). The van der Waals surface area contributed by atoms with E-state index in [9.17, 15) is 0 Å². The Morgan fingerprint density at radius 3 is 2.08 bits per heavy atom. The Kier molecular flexibility index (Phi) is 10.2. The van der Waals surface area contributed by atoms with E-state index in [1.54, 1.807) is 0 Å². The van der Waals surface area contributed by atoms with E-state index in [1.165, 1.54) is 11.1 Å². The molecular weight excluding hydrogens is 165 g/mol. The van der Waals surface area contributed by atoms with Crippen molar-refractivity contribution in [3.05, 3.63) is 29.3 Å². The van der Waals surface area contributed by atoms with Crippen LogP contribution in [0.1, 0.15) is 25.0 Å². The van der Waals surface area contributed by atoms with Crippen molar-refractivity contribution in [3.8, 4) is 0 Å². The zero-order valence-corrected chi connectivity index (χ0v) is 9.99. The van der Waals surface area contributed by atoms with Crippen LogP contribution in [0.2, 0.25) is 0 Å². The Morgan fingerprint density at radius 1 is 1.08 bits per heavy atom. The van der Waals surface area contributed by atoms with Crippen LogP contribution >= 0.6 is 9.24 Å². The molecule has 1 aromatic carbocycles. The second-order valence-electron chi connectivity index (χ2n) is 2.62. The molecule has 60 valence electrons. The SMILES string of the molecule is CCc1cccc([P-2])c1CC.[Li+].[Li+]. The van der Waals surface area contributed by atoms with Crippen molar-refractivity contribution >= 4 is 14.5 Å². The summed E-state index contributed by atoms with van der Waals surface area (Å²) in [6.07, 6.45) is 2.19. The summed E-state index contributed by atoms with van der Waals surface area (Å²) in [5.41, 5.74) is 2.83. The number of rotatable bonds is 2. The van der Waals surface area contributed by atoms with Crippen LogP contribution in [0.15, 0.2) is 18.2 Å². The van der Waals surface area contributed by atoms with E-state index in [0.717, 1.165) is 18.1 Å². The topological polar surface area (TPSA) is 0 Å². The first kappa shape index (κ1) is 16.3. The summed E-state index contributed by atoms with van der Waals surface area (Å²) in [4.78, 5) is 0. The van der Waals surface area contributed by atoms with Crippen LogP contribution in [0.4, 0.5) is 0 Å². The third-order valence-corrected chi connectivity index (χ3v) is 2.40. The maximum absolute atomic E-state index is 4.40. The van der Waals surface area contributed by atoms with Crippen molar-refractivity contribution in [1.29, 1.82) is 0 Å². The van der Waals surface area contributed by atoms with Gasteiger partial charge >= 0.3 is 37.7 Å². The average Bonchev–Trinajstić information content (AvgIpc) is 2.04. The van der Waals surface area contributed by atoms with E-state index in [2.05, 4.69) is 41.3 Å². The Balaban J connectivity index is 0. The van der Waals surface area contributed by atoms with Gasteiger partial charge in [-0.2, -0.15) is 0 Å². The van der Waals surface area contributed by atoms with Crippen molar-refractivity contribution in [1.82, 2.24) is 0 Å². The van der Waals surface area contributed by atoms with Crippen LogP contribution in [0.3, 0.4) is 0 Å². The van der Waals surface area contributed by atoms with Crippen LogP contribution in [0, 0.1) is 0 Å². The van der Waals surface area contributed by atoms with Crippen molar-refractivity contribution in [2.24, 2.45) is 0 Å². The standard InChI is InChI=1S/C10H13P.2Li/c1-3-8-6-5-7-10(11)9(8)4-2;;/h5-7H,3-4H2,1-2H3;;/q-2;2*+1. The first-order valence-corrected chi connectivity index (χ1v) is 4.54. The van der Waals surface area contributed by atoms with Gasteiger partial charge in [-0.05, 0) is 18.4 Å². The summed E-state index contributed by atoms with van der Waals surface area (Å²) < 4.78 is 0. The molecule has 13 heavy (non-hydrogen) atoms. The molecule has 0 saturated carbocycles. The van der Waals surface area contributed by atoms with Gasteiger partial charge < -0.3 is 14.5 Å². The summed E-state index contributed by atoms with van der Waals surface area (Å²) >= 11 is 0. The van der Waals surface area contributed by atoms with Crippen LogP contribution in [-0.4, -0.2) is 0 Å². The van der Waals surface area contributed by atoms with Crippen LogP contribution in [0.25, 0.3) is 0 Å². The van der Waals surface area contributed by atoms with E-state index in [-0.39, 0.29) is 37.7 Å². The van der Waals surface area contributed by atoms with Crippen molar-refractivity contribution < 1.29 is 37.7 Å². The quantitative estimate of drug-likeness (QED) is 0.331. The third-order valence-electron chi connectivity index (χ3n) is 1.98. The summed E-state index contributed by atoms with van der Waals surface area (Å²) in [5.74, 6) is 0. The van der Waals surface area contributed by atoms with Gasteiger partial charge in [-0.3, -0.25) is 0 Å². The smallest absolute Gasteiger partial charge is 1.00 e. The van der Waals surface area contributed by atoms with Crippen molar-refractivity contribution in [2.45, 2.75) is 26.7 Å². The molecule has 0 aromatic heterocycles. The molecule has 0 radical (unpaired) electrons. The first-order chi connectivity index (χ1) is 5.29. The maximum atomic E-state index is 4.40. The monoisotopic (exact) mass is 178 g/mol. The summed E-state index contributed by atoms with van der Waals surface area (Å²) in [6.45, 7) is 4.36. The molecule has 0 unspecified atom stereocenters. The fraction of sp³-hybridized carbons (Fsp3) is 0.400. The van der Waals surface area contributed by atoms with Gasteiger partial charge in [-0.1, -0.05) is 26.0 Å². The minimum absolute atomic E-state index is 0. The fourth-order valence-corrected chi connectivity index (χ4v) is 1.75. The Morgan fingerprint density at radius 2 is 1.69 bits per heavy atom. The van der Waals surface area contributed by atoms with Gasteiger partial charge in [0.15, 0.2) is 0 Å². The van der Waals surface area contributed by atoms with Crippen LogP contribution in [0.5, 0.6) is 0 Å². The van der Waals surface area contributed by atoms with Gasteiger partial charge in [-0.25, -0.2) is 0 Å². The Hall–Kier alpha value is 0.845. The van der Waals surface area contributed by atoms with Gasteiger partial charge in [0, 0.05) is 0 Å². The van der Waals surface area contributed by atoms with Crippen molar-refractivity contribution in [2.75, 3.05) is 0 Å². The zero-order valence-electron chi connectivity index (χ0n) is 9.09. The molecule has 0 nitrogen and oxygen atoms in total. The second kappa shape index (κ2) is 8.18. The molecule has 0 amide bonds. The van der Waals surface area contributed by atoms with E-state index in [4.69, 9.17) is 0 Å². The minimum atomic E-state index is 0. The fourth-order valence-electron chi connectivity index (χ4n) is 1.36. The first-order valence-electron chi connectivity index (χ1n) is 4.09. The van der Waals surface area contributed by atoms with E-state index >= 15 is 0 Å². The van der Waals surface area contributed by atoms with Gasteiger partial charge in [0.05, 0.1) is 0 Å². The van der Waals surface area contributed by atoms with Crippen LogP contribution in [-0.2, 0) is 12.8 Å². The Labute approximate surface area is 108 Å². The van der Waals surface area contributed by atoms with Gasteiger partial charge in [0.25, 0.3) is 0 Å². The molecule has 0 fully saturated rings. The maximum Gasteiger partial charge on any atom is 1.00 e. The largest absolute Gasteiger partial charge is 1.45 e. The molecule has 0 bridgehead atoms. The van der Waals surface area contributed by atoms with Gasteiger partial charge in [-0.15, -0.1) is 11.6 Å². The van der Waals surface area contributed by atoms with Crippen molar-refractivity contribution in [3.63, 3.8) is 0 Å². The molecule has 0 spiro atoms. The van der Waals surface area contributed by atoms with E-state index < -0.39 is 0 Å². The molecule has 0 atom stereocenters. The number of hydrogen-bond acceptors (Lipinski definition) is 0. The summed E-state index contributed by atoms with van der Waals surface area (Å²) in [7, 11) is 4.40. The Bertz CT molecular complexity index is 249. The molecule has 3 heteroatoms. The minimum Gasteiger partial charge on any atom is -1.45 e. The number of hydrogen-bond donors (Lipinski definition) is 0. The predicted octanol–water partition coefficient (Wildman–Crippen LogP) is -3.14. The summed E-state index contributed by atoms with van der Waals surface area (Å²) in [5, 5.41) is 1.13. The second-order valence-corrected chi connectivity index (χ2v) is 3.10. The number of benzene rings is 1. The zero-order chi connectivity index (χ0) is 8.27. The normalized spacial score (nSPS) is 8.54. The molecular formula is C10H13Li2P. The summed E-state index contributed by atoms with van der Waals surface area (Å²) in [6, 6.07) is 6.31. The molecule has 0 aliphatic rings. The molecule has 0 aliphatic carbocycles. The van der Waals surface area contributed by atoms with E-state index in [1.807, 2.05) is 0 Å². The van der Waals surface area contributed by atoms with Gasteiger partial charge in [0.2, 0.25) is 0 Å². The van der Waals surface area contributed by atoms with Crippen LogP contribution < -0.4 is 43.0 Å². The molecule has 0 heterocycles. The predicted molar refractivity (Wildman–Crippen MR) is 51.8 cm³/mol. The van der Waals surface area contributed by atoms with E-state index in [0.29, 0.717) is 0 Å². The third kappa shape index (κ3) is 4.25. The molecule has 0 N–H and O–H groups in total. The number of aryl methyl sites for hydroxylation is 1. The molecule has 0 aliphatic heterocycles.